The minimum absolute atomic E-state index is 0.132. The van der Waals surface area contributed by atoms with Crippen molar-refractivity contribution in [3.63, 3.8) is 0 Å². The van der Waals surface area contributed by atoms with Crippen LogP contribution in [0.25, 0.3) is 0 Å². The van der Waals surface area contributed by atoms with Gasteiger partial charge in [-0.15, -0.1) is 0 Å². The molecule has 4 amide bonds. The number of imide groups is 1. The van der Waals surface area contributed by atoms with Crippen LogP contribution < -0.4 is 16.0 Å². The number of anilines is 1. The number of amides is 4. The van der Waals surface area contributed by atoms with E-state index in [0.717, 1.165) is 24.9 Å². The monoisotopic (exact) mass is 301 g/mol. The summed E-state index contributed by atoms with van der Waals surface area (Å²) in [6.45, 7) is 0. The fraction of sp³-hybridized carbons (Fsp3) is 0.438. The van der Waals surface area contributed by atoms with Crippen LogP contribution in [0.3, 0.4) is 0 Å². The number of nitrogens with one attached hydrogen (secondary N) is 3. The molecule has 1 aliphatic heterocycles. The van der Waals surface area contributed by atoms with Crippen molar-refractivity contribution in [1.82, 2.24) is 10.6 Å². The lowest BCUT2D eigenvalue weighted by Gasteiger charge is -2.19. The molecule has 0 radical (unpaired) electrons. The van der Waals surface area contributed by atoms with Crippen molar-refractivity contribution in [3.8, 4) is 0 Å². The molecule has 6 heteroatoms. The predicted molar refractivity (Wildman–Crippen MR) is 81.4 cm³/mol. The highest BCUT2D eigenvalue weighted by molar-refractivity contribution is 6.04. The Morgan fingerprint density at radius 2 is 2.05 bits per heavy atom. The van der Waals surface area contributed by atoms with E-state index in [4.69, 9.17) is 0 Å². The van der Waals surface area contributed by atoms with Crippen LogP contribution in [-0.4, -0.2) is 23.9 Å². The highest BCUT2D eigenvalue weighted by Gasteiger charge is 2.29. The van der Waals surface area contributed by atoms with E-state index in [0.29, 0.717) is 6.42 Å². The quantitative estimate of drug-likeness (QED) is 0.736. The summed E-state index contributed by atoms with van der Waals surface area (Å²) in [5.74, 6) is -0.497. The van der Waals surface area contributed by atoms with Gasteiger partial charge in [-0.25, -0.2) is 4.79 Å². The van der Waals surface area contributed by atoms with Crippen LogP contribution in [0.15, 0.2) is 18.2 Å². The van der Waals surface area contributed by atoms with Crippen LogP contribution >= 0.6 is 0 Å². The molecule has 6 nitrogen and oxygen atoms in total. The first kappa shape index (κ1) is 14.6. The Balaban J connectivity index is 1.58. The third-order valence-electron chi connectivity index (χ3n) is 4.19. The molecule has 0 aromatic heterocycles. The van der Waals surface area contributed by atoms with Gasteiger partial charge in [0.2, 0.25) is 5.91 Å². The molecular formula is C16H19N3O3. The molecule has 1 heterocycles. The first-order chi connectivity index (χ1) is 10.6. The van der Waals surface area contributed by atoms with Crippen LogP contribution in [-0.2, 0) is 22.4 Å². The predicted octanol–water partition coefficient (Wildman–Crippen LogP) is 1.49. The van der Waals surface area contributed by atoms with E-state index < -0.39 is 12.1 Å². The second kappa shape index (κ2) is 6.17. The first-order valence-electron chi connectivity index (χ1n) is 7.65. The van der Waals surface area contributed by atoms with E-state index in [-0.39, 0.29) is 18.2 Å². The van der Waals surface area contributed by atoms with Crippen LogP contribution in [0.1, 0.15) is 36.8 Å². The van der Waals surface area contributed by atoms with Crippen LogP contribution in [0, 0.1) is 0 Å². The summed E-state index contributed by atoms with van der Waals surface area (Å²) < 4.78 is 0. The van der Waals surface area contributed by atoms with Gasteiger partial charge in [-0.05, 0) is 49.3 Å². The summed E-state index contributed by atoms with van der Waals surface area (Å²) in [7, 11) is 0. The molecule has 3 rings (SSSR count). The lowest BCUT2D eigenvalue weighted by atomic mass is 9.90. The SMILES string of the molecule is O=C(CCC1NC(=O)NC1=O)Nc1cccc2c1CCCC2. The molecule has 1 aromatic rings. The van der Waals surface area contributed by atoms with E-state index in [1.807, 2.05) is 12.1 Å². The molecule has 1 atom stereocenters. The lowest BCUT2D eigenvalue weighted by molar-refractivity contribution is -0.120. The highest BCUT2D eigenvalue weighted by Crippen LogP contribution is 2.27. The minimum atomic E-state index is -0.608. The molecule has 3 N–H and O–H groups in total. The maximum atomic E-state index is 12.1. The summed E-state index contributed by atoms with van der Waals surface area (Å²) in [6.07, 6.45) is 4.90. The van der Waals surface area contributed by atoms with Crippen molar-refractivity contribution in [2.45, 2.75) is 44.6 Å². The van der Waals surface area contributed by atoms with Crippen molar-refractivity contribution in [2.75, 3.05) is 5.32 Å². The highest BCUT2D eigenvalue weighted by atomic mass is 16.2. The maximum absolute atomic E-state index is 12.1. The molecule has 116 valence electrons. The first-order valence-corrected chi connectivity index (χ1v) is 7.65. The van der Waals surface area contributed by atoms with E-state index in [1.54, 1.807) is 0 Å². The number of carbonyl (C=O) groups excluding carboxylic acids is 3. The fourth-order valence-electron chi connectivity index (χ4n) is 3.05. The van der Waals surface area contributed by atoms with Gasteiger partial charge in [-0.3, -0.25) is 14.9 Å². The van der Waals surface area contributed by atoms with E-state index in [9.17, 15) is 14.4 Å². The van der Waals surface area contributed by atoms with Crippen LogP contribution in [0.5, 0.6) is 0 Å². The lowest BCUT2D eigenvalue weighted by Crippen LogP contribution is -2.30. The Hall–Kier alpha value is -2.37. The number of hydrogen-bond donors (Lipinski definition) is 3. The van der Waals surface area contributed by atoms with E-state index in [2.05, 4.69) is 22.0 Å². The third kappa shape index (κ3) is 3.10. The molecule has 0 spiro atoms. The summed E-state index contributed by atoms with van der Waals surface area (Å²) in [5, 5.41) is 7.59. The zero-order chi connectivity index (χ0) is 15.5. The van der Waals surface area contributed by atoms with Crippen LogP contribution in [0.2, 0.25) is 0 Å². The number of fused-ring (bicyclic) bond motifs is 1. The molecule has 0 saturated carbocycles. The van der Waals surface area contributed by atoms with Gasteiger partial charge < -0.3 is 10.6 Å². The number of carbonyl (C=O) groups is 3. The van der Waals surface area contributed by atoms with Gasteiger partial charge in [-0.2, -0.15) is 0 Å². The number of urea groups is 1. The average molecular weight is 301 g/mol. The largest absolute Gasteiger partial charge is 0.326 e. The topological polar surface area (TPSA) is 87.3 Å². The summed E-state index contributed by atoms with van der Waals surface area (Å²) in [6, 6.07) is 4.90. The molecule has 1 saturated heterocycles. The van der Waals surface area contributed by atoms with Crippen molar-refractivity contribution in [1.29, 1.82) is 0 Å². The second-order valence-corrected chi connectivity index (χ2v) is 5.75. The molecule has 1 unspecified atom stereocenters. The smallest absolute Gasteiger partial charge is 0.322 e. The number of hydrogen-bond acceptors (Lipinski definition) is 3. The summed E-state index contributed by atoms with van der Waals surface area (Å²) in [5.41, 5.74) is 3.42. The molecule has 1 aromatic carbocycles. The normalized spacial score (nSPS) is 20.1. The average Bonchev–Trinajstić information content (AvgIpc) is 2.83. The van der Waals surface area contributed by atoms with Gasteiger partial charge in [-0.1, -0.05) is 12.1 Å². The molecule has 1 fully saturated rings. The molecule has 22 heavy (non-hydrogen) atoms. The standard InChI is InChI=1S/C16H19N3O3/c20-14(9-8-13-15(21)19-16(22)18-13)17-12-7-3-5-10-4-1-2-6-11(10)12/h3,5,7,13H,1-2,4,6,8-9H2,(H,17,20)(H2,18,19,21,22). The van der Waals surface area contributed by atoms with E-state index >= 15 is 0 Å². The maximum Gasteiger partial charge on any atom is 0.322 e. The zero-order valence-electron chi connectivity index (χ0n) is 12.3. The van der Waals surface area contributed by atoms with Gasteiger partial charge in [0.05, 0.1) is 0 Å². The van der Waals surface area contributed by atoms with Crippen LogP contribution in [0.4, 0.5) is 10.5 Å². The van der Waals surface area contributed by atoms with Gasteiger partial charge in [0.25, 0.3) is 5.91 Å². The summed E-state index contributed by atoms with van der Waals surface area (Å²) >= 11 is 0. The molecular weight excluding hydrogens is 282 g/mol. The third-order valence-corrected chi connectivity index (χ3v) is 4.19. The second-order valence-electron chi connectivity index (χ2n) is 5.75. The molecule has 1 aliphatic carbocycles. The Kier molecular flexibility index (Phi) is 4.09. The van der Waals surface area contributed by atoms with Gasteiger partial charge >= 0.3 is 6.03 Å². The van der Waals surface area contributed by atoms with Crippen molar-refractivity contribution in [3.05, 3.63) is 29.3 Å². The molecule has 2 aliphatic rings. The zero-order valence-corrected chi connectivity index (χ0v) is 12.3. The summed E-state index contributed by atoms with van der Waals surface area (Å²) in [4.78, 5) is 34.5. The Bertz CT molecular complexity index is 627. The Labute approximate surface area is 128 Å². The fourth-order valence-corrected chi connectivity index (χ4v) is 3.05. The number of rotatable bonds is 4. The Morgan fingerprint density at radius 3 is 2.82 bits per heavy atom. The Morgan fingerprint density at radius 1 is 1.23 bits per heavy atom. The molecule has 0 bridgehead atoms. The van der Waals surface area contributed by atoms with Gasteiger partial charge in [0, 0.05) is 12.1 Å². The van der Waals surface area contributed by atoms with Crippen molar-refractivity contribution in [2.24, 2.45) is 0 Å². The van der Waals surface area contributed by atoms with E-state index in [1.165, 1.54) is 17.5 Å². The number of benzene rings is 1. The van der Waals surface area contributed by atoms with Crippen molar-refractivity contribution < 1.29 is 14.4 Å². The number of aryl methyl sites for hydroxylation is 1. The van der Waals surface area contributed by atoms with Crippen molar-refractivity contribution >= 4 is 23.5 Å². The minimum Gasteiger partial charge on any atom is -0.326 e. The van der Waals surface area contributed by atoms with Gasteiger partial charge in [0.15, 0.2) is 0 Å². The van der Waals surface area contributed by atoms with Gasteiger partial charge in [0.1, 0.15) is 6.04 Å².